The molecule has 2 aromatic carbocycles. The van der Waals surface area contributed by atoms with Gasteiger partial charge in [0.15, 0.2) is 0 Å². The van der Waals surface area contributed by atoms with Gasteiger partial charge in [-0.25, -0.2) is 4.98 Å². The second-order valence-electron chi connectivity index (χ2n) is 5.12. The lowest BCUT2D eigenvalue weighted by Gasteiger charge is -2.03. The largest absolute Gasteiger partial charge is 0.321 e. The molecule has 1 aromatic heterocycles. The number of fused-ring (bicyclic) bond motifs is 1. The zero-order chi connectivity index (χ0) is 14.9. The first-order valence-corrected chi connectivity index (χ1v) is 7.02. The van der Waals surface area contributed by atoms with Crippen LogP contribution in [0.4, 0.5) is 5.69 Å². The number of nitrogens with zero attached hydrogens (tertiary/aromatic N) is 2. The van der Waals surface area contributed by atoms with Crippen molar-refractivity contribution in [2.75, 3.05) is 5.32 Å². The Morgan fingerprint density at radius 2 is 1.86 bits per heavy atom. The lowest BCUT2D eigenvalue weighted by atomic mass is 10.0. The molecule has 0 fully saturated rings. The van der Waals surface area contributed by atoms with Crippen LogP contribution in [0.15, 0.2) is 67.3 Å². The maximum atomic E-state index is 12.1. The van der Waals surface area contributed by atoms with Crippen LogP contribution in [0.1, 0.15) is 11.1 Å². The zero-order valence-corrected chi connectivity index (χ0v) is 11.7. The monoisotopic (exact) mass is 287 g/mol. The van der Waals surface area contributed by atoms with E-state index >= 15 is 0 Å². The van der Waals surface area contributed by atoms with Crippen LogP contribution in [0.25, 0.3) is 17.3 Å². The van der Waals surface area contributed by atoms with E-state index in [4.69, 9.17) is 0 Å². The predicted octanol–water partition coefficient (Wildman–Crippen LogP) is 3.37. The SMILES string of the molecule is O=C1Nc2ccccc2/C1=C\c1ccc(-n2ccnc2)cc1. The topological polar surface area (TPSA) is 46.9 Å². The van der Waals surface area contributed by atoms with Crippen molar-refractivity contribution >= 4 is 23.2 Å². The van der Waals surface area contributed by atoms with Crippen molar-refractivity contribution in [3.63, 3.8) is 0 Å². The highest BCUT2D eigenvalue weighted by Crippen LogP contribution is 2.32. The summed E-state index contributed by atoms with van der Waals surface area (Å²) in [4.78, 5) is 16.1. The van der Waals surface area contributed by atoms with E-state index in [1.807, 2.05) is 65.4 Å². The molecule has 0 spiro atoms. The van der Waals surface area contributed by atoms with Gasteiger partial charge in [0.1, 0.15) is 0 Å². The lowest BCUT2D eigenvalue weighted by Crippen LogP contribution is -2.03. The average Bonchev–Trinajstić information content (AvgIpc) is 3.17. The van der Waals surface area contributed by atoms with Crippen LogP contribution in [0.5, 0.6) is 0 Å². The number of hydrogen-bond donors (Lipinski definition) is 1. The van der Waals surface area contributed by atoms with Gasteiger partial charge in [-0.3, -0.25) is 4.79 Å². The molecular formula is C18H13N3O. The Bertz CT molecular complexity index is 862. The summed E-state index contributed by atoms with van der Waals surface area (Å²) in [5.74, 6) is -0.0557. The van der Waals surface area contributed by atoms with Crippen molar-refractivity contribution in [2.24, 2.45) is 0 Å². The summed E-state index contributed by atoms with van der Waals surface area (Å²) in [6.07, 6.45) is 7.32. The molecule has 4 rings (SSSR count). The fraction of sp³-hybridized carbons (Fsp3) is 0. The molecule has 0 unspecified atom stereocenters. The van der Waals surface area contributed by atoms with Crippen molar-refractivity contribution < 1.29 is 4.79 Å². The summed E-state index contributed by atoms with van der Waals surface area (Å²) < 4.78 is 1.94. The molecule has 1 aliphatic rings. The smallest absolute Gasteiger partial charge is 0.256 e. The summed E-state index contributed by atoms with van der Waals surface area (Å²) in [6.45, 7) is 0. The van der Waals surface area contributed by atoms with Crippen LogP contribution in [-0.2, 0) is 4.79 Å². The number of para-hydroxylation sites is 1. The van der Waals surface area contributed by atoms with E-state index in [0.29, 0.717) is 5.57 Å². The van der Waals surface area contributed by atoms with E-state index in [0.717, 1.165) is 22.5 Å². The third-order valence-electron chi connectivity index (χ3n) is 3.72. The third kappa shape index (κ3) is 2.11. The number of amides is 1. The van der Waals surface area contributed by atoms with Crippen LogP contribution in [-0.4, -0.2) is 15.5 Å². The number of hydrogen-bond acceptors (Lipinski definition) is 2. The first kappa shape index (κ1) is 12.6. The van der Waals surface area contributed by atoms with Crippen molar-refractivity contribution in [1.29, 1.82) is 0 Å². The van der Waals surface area contributed by atoms with Gasteiger partial charge < -0.3 is 9.88 Å². The van der Waals surface area contributed by atoms with E-state index in [9.17, 15) is 4.79 Å². The van der Waals surface area contributed by atoms with Gasteiger partial charge in [0.05, 0.1) is 6.33 Å². The molecule has 1 N–H and O–H groups in total. The van der Waals surface area contributed by atoms with Crippen molar-refractivity contribution in [2.45, 2.75) is 0 Å². The van der Waals surface area contributed by atoms with E-state index in [1.165, 1.54) is 0 Å². The summed E-state index contributed by atoms with van der Waals surface area (Å²) in [5.41, 5.74) is 4.55. The Balaban J connectivity index is 1.70. The van der Waals surface area contributed by atoms with Gasteiger partial charge in [-0.15, -0.1) is 0 Å². The van der Waals surface area contributed by atoms with Gasteiger partial charge in [-0.1, -0.05) is 30.3 Å². The van der Waals surface area contributed by atoms with Crippen molar-refractivity contribution in [3.05, 3.63) is 78.4 Å². The number of imidazole rings is 1. The van der Waals surface area contributed by atoms with E-state index in [1.54, 1.807) is 12.5 Å². The maximum absolute atomic E-state index is 12.1. The molecule has 0 radical (unpaired) electrons. The summed E-state index contributed by atoms with van der Waals surface area (Å²) in [5, 5.41) is 2.88. The second kappa shape index (κ2) is 5.00. The summed E-state index contributed by atoms with van der Waals surface area (Å²) in [7, 11) is 0. The Morgan fingerprint density at radius 3 is 2.64 bits per heavy atom. The standard InChI is InChI=1S/C18H13N3O/c22-18-16(15-3-1-2-4-17(15)20-18)11-13-5-7-14(8-6-13)21-10-9-19-12-21/h1-12H,(H,20,22)/b16-11+. The Morgan fingerprint density at radius 1 is 1.05 bits per heavy atom. The molecule has 0 bridgehead atoms. The van der Waals surface area contributed by atoms with E-state index in [2.05, 4.69) is 10.3 Å². The van der Waals surface area contributed by atoms with Gasteiger partial charge >= 0.3 is 0 Å². The zero-order valence-electron chi connectivity index (χ0n) is 11.7. The van der Waals surface area contributed by atoms with Crippen molar-refractivity contribution in [1.82, 2.24) is 9.55 Å². The molecule has 3 aromatic rings. The summed E-state index contributed by atoms with van der Waals surface area (Å²) in [6, 6.07) is 15.7. The number of aromatic nitrogens is 2. The fourth-order valence-corrected chi connectivity index (χ4v) is 2.60. The number of carbonyl (C=O) groups is 1. The molecule has 0 saturated heterocycles. The molecule has 0 atom stereocenters. The van der Waals surface area contributed by atoms with Crippen LogP contribution < -0.4 is 5.32 Å². The highest BCUT2D eigenvalue weighted by atomic mass is 16.2. The molecule has 4 heteroatoms. The minimum absolute atomic E-state index is 0.0557. The van der Waals surface area contributed by atoms with Gasteiger partial charge in [0.25, 0.3) is 5.91 Å². The quantitative estimate of drug-likeness (QED) is 0.735. The van der Waals surface area contributed by atoms with E-state index < -0.39 is 0 Å². The second-order valence-corrected chi connectivity index (χ2v) is 5.12. The average molecular weight is 287 g/mol. The normalized spacial score (nSPS) is 14.9. The first-order valence-electron chi connectivity index (χ1n) is 7.02. The van der Waals surface area contributed by atoms with Gasteiger partial charge in [0.2, 0.25) is 0 Å². The van der Waals surface area contributed by atoms with Crippen LogP contribution in [0.3, 0.4) is 0 Å². The molecule has 4 nitrogen and oxygen atoms in total. The molecule has 0 aliphatic carbocycles. The van der Waals surface area contributed by atoms with E-state index in [-0.39, 0.29) is 5.91 Å². The number of rotatable bonds is 2. The minimum atomic E-state index is -0.0557. The van der Waals surface area contributed by atoms with Gasteiger partial charge in [-0.05, 0) is 29.8 Å². The van der Waals surface area contributed by atoms with Gasteiger partial charge in [-0.2, -0.15) is 0 Å². The molecule has 1 aliphatic heterocycles. The van der Waals surface area contributed by atoms with Crippen LogP contribution in [0, 0.1) is 0 Å². The minimum Gasteiger partial charge on any atom is -0.321 e. The first-order chi connectivity index (χ1) is 10.8. The molecule has 106 valence electrons. The Kier molecular flexibility index (Phi) is 2.86. The Hall–Kier alpha value is -3.14. The lowest BCUT2D eigenvalue weighted by molar-refractivity contribution is -0.110. The molecule has 0 saturated carbocycles. The third-order valence-corrected chi connectivity index (χ3v) is 3.72. The van der Waals surface area contributed by atoms with Crippen LogP contribution >= 0.6 is 0 Å². The molecule has 22 heavy (non-hydrogen) atoms. The number of nitrogens with one attached hydrogen (secondary N) is 1. The van der Waals surface area contributed by atoms with Crippen LogP contribution in [0.2, 0.25) is 0 Å². The number of carbonyl (C=O) groups excluding carboxylic acids is 1. The molecule has 1 amide bonds. The molecule has 2 heterocycles. The highest BCUT2D eigenvalue weighted by molar-refractivity contribution is 6.34. The van der Waals surface area contributed by atoms with Gasteiger partial charge in [0, 0.05) is 34.9 Å². The highest BCUT2D eigenvalue weighted by Gasteiger charge is 2.23. The summed E-state index contributed by atoms with van der Waals surface area (Å²) >= 11 is 0. The van der Waals surface area contributed by atoms with Crippen molar-refractivity contribution in [3.8, 4) is 5.69 Å². The Labute approximate surface area is 127 Å². The molecular weight excluding hydrogens is 274 g/mol. The number of benzene rings is 2. The maximum Gasteiger partial charge on any atom is 0.256 e. The number of anilines is 1. The predicted molar refractivity (Wildman–Crippen MR) is 86.5 cm³/mol. The fourth-order valence-electron chi connectivity index (χ4n) is 2.60.